The molecule has 1 aromatic carbocycles. The number of hydrogen-bond acceptors (Lipinski definition) is 2. The monoisotopic (exact) mass is 175 g/mol. The molecule has 0 aliphatic heterocycles. The molecular formula is C11H13NO. The van der Waals surface area contributed by atoms with Crippen molar-refractivity contribution >= 4 is 6.21 Å². The van der Waals surface area contributed by atoms with Crippen LogP contribution in [0.25, 0.3) is 0 Å². The molecule has 0 fully saturated rings. The summed E-state index contributed by atoms with van der Waals surface area (Å²) < 4.78 is 0. The molecule has 0 spiro atoms. The van der Waals surface area contributed by atoms with Crippen LogP contribution in [0.2, 0.25) is 0 Å². The van der Waals surface area contributed by atoms with Gasteiger partial charge in [-0.05, 0) is 5.56 Å². The maximum absolute atomic E-state index is 4.86. The quantitative estimate of drug-likeness (QED) is 0.291. The first-order valence-electron chi connectivity index (χ1n) is 4.22. The Labute approximate surface area is 78.5 Å². The molecule has 1 aromatic rings. The summed E-state index contributed by atoms with van der Waals surface area (Å²) in [5.41, 5.74) is 1.23. The normalized spacial score (nSPS) is 10.2. The molecule has 2 nitrogen and oxygen atoms in total. The molecule has 0 saturated carbocycles. The Morgan fingerprint density at radius 2 is 2.08 bits per heavy atom. The van der Waals surface area contributed by atoms with Gasteiger partial charge in [-0.2, -0.15) is 0 Å². The van der Waals surface area contributed by atoms with Crippen molar-refractivity contribution in [3.8, 4) is 0 Å². The second-order valence-corrected chi connectivity index (χ2v) is 2.56. The van der Waals surface area contributed by atoms with Crippen LogP contribution in [-0.4, -0.2) is 12.8 Å². The summed E-state index contributed by atoms with van der Waals surface area (Å²) in [5, 5.41) is 3.76. The highest BCUT2D eigenvalue weighted by atomic mass is 16.6. The van der Waals surface area contributed by atoms with Crippen molar-refractivity contribution in [2.75, 3.05) is 6.61 Å². The third-order valence-corrected chi connectivity index (χ3v) is 1.51. The number of nitrogens with zero attached hydrogens (tertiary/aromatic N) is 1. The summed E-state index contributed by atoms with van der Waals surface area (Å²) >= 11 is 0. The van der Waals surface area contributed by atoms with E-state index >= 15 is 0 Å². The van der Waals surface area contributed by atoms with Gasteiger partial charge in [0.05, 0.1) is 0 Å². The van der Waals surface area contributed by atoms with Crippen molar-refractivity contribution < 1.29 is 4.84 Å². The van der Waals surface area contributed by atoms with Crippen LogP contribution in [0.1, 0.15) is 5.56 Å². The molecule has 0 heterocycles. The van der Waals surface area contributed by atoms with Gasteiger partial charge in [-0.15, -0.1) is 0 Å². The lowest BCUT2D eigenvalue weighted by Gasteiger charge is -1.94. The van der Waals surface area contributed by atoms with E-state index in [9.17, 15) is 0 Å². The van der Waals surface area contributed by atoms with E-state index in [-0.39, 0.29) is 0 Å². The number of rotatable bonds is 5. The van der Waals surface area contributed by atoms with Gasteiger partial charge < -0.3 is 4.84 Å². The number of oxime groups is 1. The Bertz CT molecular complexity index is 267. The van der Waals surface area contributed by atoms with Gasteiger partial charge in [0, 0.05) is 12.6 Å². The van der Waals surface area contributed by atoms with Crippen molar-refractivity contribution in [1.29, 1.82) is 0 Å². The highest BCUT2D eigenvalue weighted by Crippen LogP contribution is 1.97. The van der Waals surface area contributed by atoms with E-state index in [4.69, 9.17) is 4.84 Å². The van der Waals surface area contributed by atoms with E-state index in [2.05, 4.69) is 23.9 Å². The Morgan fingerprint density at radius 3 is 2.77 bits per heavy atom. The maximum Gasteiger partial charge on any atom is 0.135 e. The summed E-state index contributed by atoms with van der Waals surface area (Å²) in [6.07, 6.45) is 4.22. The van der Waals surface area contributed by atoms with Crippen molar-refractivity contribution in [3.05, 3.63) is 48.6 Å². The molecule has 0 aliphatic carbocycles. The molecule has 0 unspecified atom stereocenters. The zero-order valence-corrected chi connectivity index (χ0v) is 7.52. The molecule has 0 N–H and O–H groups in total. The summed E-state index contributed by atoms with van der Waals surface area (Å²) in [7, 11) is 0. The minimum absolute atomic E-state index is 0.464. The molecule has 0 aromatic heterocycles. The second-order valence-electron chi connectivity index (χ2n) is 2.56. The fourth-order valence-electron chi connectivity index (χ4n) is 0.905. The summed E-state index contributed by atoms with van der Waals surface area (Å²) in [6, 6.07) is 10.1. The van der Waals surface area contributed by atoms with Gasteiger partial charge in [0.2, 0.25) is 0 Å². The van der Waals surface area contributed by atoms with Crippen LogP contribution in [0.4, 0.5) is 0 Å². The van der Waals surface area contributed by atoms with E-state index in [1.54, 1.807) is 12.3 Å². The smallest absolute Gasteiger partial charge is 0.135 e. The first kappa shape index (κ1) is 9.52. The maximum atomic E-state index is 4.86. The van der Waals surface area contributed by atoms with Gasteiger partial charge >= 0.3 is 0 Å². The third kappa shape index (κ3) is 4.11. The Hall–Kier alpha value is -1.57. The topological polar surface area (TPSA) is 21.6 Å². The fourth-order valence-corrected chi connectivity index (χ4v) is 0.905. The molecule has 0 saturated heterocycles. The van der Waals surface area contributed by atoms with Crippen molar-refractivity contribution in [2.45, 2.75) is 6.42 Å². The highest BCUT2D eigenvalue weighted by molar-refractivity contribution is 5.60. The van der Waals surface area contributed by atoms with Crippen LogP contribution in [0, 0.1) is 0 Å². The molecule has 68 valence electrons. The molecular weight excluding hydrogens is 162 g/mol. The average molecular weight is 175 g/mol. The lowest BCUT2D eigenvalue weighted by Crippen LogP contribution is -1.87. The molecule has 1 rings (SSSR count). The summed E-state index contributed by atoms with van der Waals surface area (Å²) in [4.78, 5) is 4.86. The van der Waals surface area contributed by atoms with Gasteiger partial charge in [0.25, 0.3) is 0 Å². The fraction of sp³-hybridized carbons (Fsp3) is 0.182. The zero-order chi connectivity index (χ0) is 9.36. The van der Waals surface area contributed by atoms with Gasteiger partial charge in [-0.3, -0.25) is 0 Å². The first-order valence-corrected chi connectivity index (χ1v) is 4.22. The summed E-state index contributed by atoms with van der Waals surface area (Å²) in [6.45, 7) is 3.98. The largest absolute Gasteiger partial charge is 0.392 e. The van der Waals surface area contributed by atoms with E-state index in [0.717, 1.165) is 6.42 Å². The second kappa shape index (κ2) is 6.00. The summed E-state index contributed by atoms with van der Waals surface area (Å²) in [5.74, 6) is 0. The van der Waals surface area contributed by atoms with Crippen molar-refractivity contribution in [2.24, 2.45) is 5.16 Å². The Kier molecular flexibility index (Phi) is 4.39. The minimum Gasteiger partial charge on any atom is -0.392 e. The van der Waals surface area contributed by atoms with Gasteiger partial charge in [0.15, 0.2) is 0 Å². The van der Waals surface area contributed by atoms with Gasteiger partial charge in [-0.25, -0.2) is 0 Å². The SMILES string of the molecule is C=CCO/N=C/Cc1ccccc1. The molecule has 13 heavy (non-hydrogen) atoms. The standard InChI is InChI=1S/C11H13NO/c1-2-10-13-12-9-8-11-6-4-3-5-7-11/h2-7,9H,1,8,10H2/b12-9+. The Morgan fingerprint density at radius 1 is 1.31 bits per heavy atom. The molecule has 0 aliphatic rings. The molecule has 0 amide bonds. The predicted octanol–water partition coefficient (Wildman–Crippen LogP) is 2.42. The molecule has 2 heteroatoms. The van der Waals surface area contributed by atoms with E-state index in [1.165, 1.54) is 5.56 Å². The van der Waals surface area contributed by atoms with Gasteiger partial charge in [0.1, 0.15) is 6.61 Å². The zero-order valence-electron chi connectivity index (χ0n) is 7.52. The Balaban J connectivity index is 2.26. The highest BCUT2D eigenvalue weighted by Gasteiger charge is 1.85. The molecule has 0 atom stereocenters. The van der Waals surface area contributed by atoms with E-state index in [0.29, 0.717) is 6.61 Å². The predicted molar refractivity (Wildman–Crippen MR) is 54.8 cm³/mol. The van der Waals surface area contributed by atoms with Crippen LogP contribution in [0.15, 0.2) is 48.1 Å². The van der Waals surface area contributed by atoms with Crippen LogP contribution in [0.3, 0.4) is 0 Å². The van der Waals surface area contributed by atoms with Crippen LogP contribution in [-0.2, 0) is 11.3 Å². The minimum atomic E-state index is 0.464. The van der Waals surface area contributed by atoms with E-state index < -0.39 is 0 Å². The van der Waals surface area contributed by atoms with Crippen LogP contribution >= 0.6 is 0 Å². The van der Waals surface area contributed by atoms with Crippen molar-refractivity contribution in [1.82, 2.24) is 0 Å². The lowest BCUT2D eigenvalue weighted by molar-refractivity contribution is 0.176. The van der Waals surface area contributed by atoms with Crippen LogP contribution < -0.4 is 0 Å². The molecule has 0 radical (unpaired) electrons. The van der Waals surface area contributed by atoms with E-state index in [1.807, 2.05) is 18.2 Å². The van der Waals surface area contributed by atoms with Crippen molar-refractivity contribution in [3.63, 3.8) is 0 Å². The molecule has 0 bridgehead atoms. The number of hydrogen-bond donors (Lipinski definition) is 0. The van der Waals surface area contributed by atoms with Gasteiger partial charge in [-0.1, -0.05) is 48.1 Å². The lowest BCUT2D eigenvalue weighted by atomic mass is 10.2. The number of benzene rings is 1. The average Bonchev–Trinajstić information content (AvgIpc) is 2.19. The third-order valence-electron chi connectivity index (χ3n) is 1.51. The first-order chi connectivity index (χ1) is 6.43. The van der Waals surface area contributed by atoms with Crippen LogP contribution in [0.5, 0.6) is 0 Å².